The maximum absolute atomic E-state index is 2.46. The van der Waals surface area contributed by atoms with Crippen LogP contribution in [0.15, 0.2) is 97.1 Å². The first-order valence-electron chi connectivity index (χ1n) is 10.9. The van der Waals surface area contributed by atoms with E-state index in [9.17, 15) is 0 Å². The third-order valence-electron chi connectivity index (χ3n) is 7.36. The molecule has 1 aliphatic heterocycles. The van der Waals surface area contributed by atoms with Crippen LogP contribution < -0.4 is 10.6 Å². The Bertz CT molecular complexity index is 1120. The van der Waals surface area contributed by atoms with Crippen LogP contribution in [0.2, 0.25) is 0 Å². The fourth-order valence-electron chi connectivity index (χ4n) is 6.18. The van der Waals surface area contributed by atoms with Gasteiger partial charge in [0.1, 0.15) is 0 Å². The summed E-state index contributed by atoms with van der Waals surface area (Å²) >= 11 is 0. The zero-order chi connectivity index (χ0) is 19.3. The number of hydrogen-bond acceptors (Lipinski definition) is 0. The van der Waals surface area contributed by atoms with Gasteiger partial charge in [-0.25, -0.2) is 0 Å². The lowest BCUT2D eigenvalue weighted by atomic mass is 9.89. The van der Waals surface area contributed by atoms with Crippen LogP contribution >= 0.6 is 7.26 Å². The minimum absolute atomic E-state index is 0.706. The lowest BCUT2D eigenvalue weighted by Crippen LogP contribution is -2.37. The molecule has 6 rings (SSSR count). The van der Waals surface area contributed by atoms with E-state index in [1.54, 1.807) is 21.7 Å². The zero-order valence-electron chi connectivity index (χ0n) is 16.7. The Morgan fingerprint density at radius 3 is 2.00 bits per heavy atom. The van der Waals surface area contributed by atoms with Gasteiger partial charge in [0.2, 0.25) is 0 Å². The summed E-state index contributed by atoms with van der Waals surface area (Å²) in [5.74, 6) is 0.706. The van der Waals surface area contributed by atoms with Gasteiger partial charge in [-0.05, 0) is 59.9 Å². The van der Waals surface area contributed by atoms with E-state index < -0.39 is 7.26 Å². The van der Waals surface area contributed by atoms with Crippen molar-refractivity contribution in [2.45, 2.75) is 37.0 Å². The molecule has 0 bridgehead atoms. The van der Waals surface area contributed by atoms with Crippen LogP contribution in [0.3, 0.4) is 0 Å². The summed E-state index contributed by atoms with van der Waals surface area (Å²) in [6.45, 7) is 0. The van der Waals surface area contributed by atoms with E-state index in [1.807, 2.05) is 0 Å². The van der Waals surface area contributed by atoms with Gasteiger partial charge in [-0.2, -0.15) is 0 Å². The second-order valence-electron chi connectivity index (χ2n) is 8.66. The topological polar surface area (TPSA) is 0 Å². The lowest BCUT2D eigenvalue weighted by Gasteiger charge is -2.41. The second kappa shape index (κ2) is 6.82. The molecule has 2 aliphatic rings. The summed E-state index contributed by atoms with van der Waals surface area (Å²) in [5.41, 5.74) is 4.06. The molecule has 1 heteroatoms. The molecule has 0 amide bonds. The molecule has 0 aromatic heterocycles. The van der Waals surface area contributed by atoms with Crippen molar-refractivity contribution in [2.75, 3.05) is 0 Å². The highest BCUT2D eigenvalue weighted by Gasteiger charge is 2.58. The van der Waals surface area contributed by atoms with Gasteiger partial charge in [-0.1, -0.05) is 72.8 Å². The lowest BCUT2D eigenvalue weighted by molar-refractivity contribution is 0.709. The van der Waals surface area contributed by atoms with Gasteiger partial charge in [-0.15, -0.1) is 0 Å². The third-order valence-corrected chi connectivity index (χ3v) is 12.4. The Morgan fingerprint density at radius 1 is 0.621 bits per heavy atom. The minimum atomic E-state index is -1.54. The maximum atomic E-state index is 2.46. The number of rotatable bonds is 2. The highest BCUT2D eigenvalue weighted by Crippen LogP contribution is 2.73. The van der Waals surface area contributed by atoms with Crippen LogP contribution in [0, 0.1) is 0 Å². The van der Waals surface area contributed by atoms with E-state index in [1.165, 1.54) is 36.2 Å². The van der Waals surface area contributed by atoms with Crippen LogP contribution in [-0.4, -0.2) is 5.66 Å². The summed E-state index contributed by atoms with van der Waals surface area (Å²) in [5, 5.41) is 6.07. The number of hydrogen-bond donors (Lipinski definition) is 0. The van der Waals surface area contributed by atoms with Crippen molar-refractivity contribution in [3.05, 3.63) is 108 Å². The predicted octanol–water partition coefficient (Wildman–Crippen LogP) is 6.66. The number of benzene rings is 4. The first-order valence-corrected chi connectivity index (χ1v) is 12.9. The van der Waals surface area contributed by atoms with Crippen molar-refractivity contribution in [1.82, 2.24) is 0 Å². The molecule has 29 heavy (non-hydrogen) atoms. The Labute approximate surface area is 173 Å². The van der Waals surface area contributed by atoms with Gasteiger partial charge in [0, 0.05) is 11.5 Å². The average Bonchev–Trinajstić information content (AvgIpc) is 3.30. The van der Waals surface area contributed by atoms with Crippen molar-refractivity contribution >= 4 is 28.6 Å². The van der Waals surface area contributed by atoms with Crippen molar-refractivity contribution in [3.8, 4) is 0 Å². The van der Waals surface area contributed by atoms with Gasteiger partial charge in [0.05, 0.1) is 29.7 Å². The van der Waals surface area contributed by atoms with E-state index in [4.69, 9.17) is 0 Å². The SMILES string of the molecule is c1ccc([P+]2(c3ccccc3)Cc3c(ccc4ccccc34)C3CCCC32)cc1. The fourth-order valence-corrected chi connectivity index (χ4v) is 11.6. The first-order chi connectivity index (χ1) is 14.4. The highest BCUT2D eigenvalue weighted by molar-refractivity contribution is 7.89. The molecular formula is C28H26P+. The molecule has 4 aromatic rings. The summed E-state index contributed by atoms with van der Waals surface area (Å²) in [7, 11) is -1.54. The van der Waals surface area contributed by atoms with Gasteiger partial charge in [-0.3, -0.25) is 0 Å². The standard InChI is InChI=1S/C28H26P/c1-3-11-22(12-4-1)29(23-13-5-2-6-14-23)20-27-24-15-8-7-10-21(24)18-19-25(27)26-16-9-17-28(26)29/h1-8,10-15,18-19,26,28H,9,16-17,20H2/q+1. The van der Waals surface area contributed by atoms with Crippen LogP contribution in [0.25, 0.3) is 10.8 Å². The van der Waals surface area contributed by atoms with Gasteiger partial charge < -0.3 is 0 Å². The summed E-state index contributed by atoms with van der Waals surface area (Å²) < 4.78 is 0. The molecule has 1 aliphatic carbocycles. The molecule has 2 unspecified atom stereocenters. The first kappa shape index (κ1) is 17.4. The van der Waals surface area contributed by atoms with Crippen LogP contribution in [-0.2, 0) is 6.16 Å². The molecule has 0 radical (unpaired) electrons. The largest absolute Gasteiger partial charge is 0.0998 e. The molecule has 1 saturated carbocycles. The van der Waals surface area contributed by atoms with E-state index in [-0.39, 0.29) is 0 Å². The van der Waals surface area contributed by atoms with E-state index >= 15 is 0 Å². The Kier molecular flexibility index (Phi) is 4.10. The van der Waals surface area contributed by atoms with Gasteiger partial charge in [0.15, 0.2) is 0 Å². The zero-order valence-corrected chi connectivity index (χ0v) is 17.6. The molecule has 1 heterocycles. The highest BCUT2D eigenvalue weighted by atomic mass is 31.2. The molecule has 2 atom stereocenters. The van der Waals surface area contributed by atoms with Crippen molar-refractivity contribution in [2.24, 2.45) is 0 Å². The average molecular weight is 393 g/mol. The number of fused-ring (bicyclic) bond motifs is 5. The Hall–Kier alpha value is -2.43. The smallest absolute Gasteiger partial charge is 0.0620 e. The quantitative estimate of drug-likeness (QED) is 0.334. The summed E-state index contributed by atoms with van der Waals surface area (Å²) in [4.78, 5) is 0. The van der Waals surface area contributed by atoms with Crippen molar-refractivity contribution in [3.63, 3.8) is 0 Å². The molecule has 142 valence electrons. The van der Waals surface area contributed by atoms with Gasteiger partial charge in [0.25, 0.3) is 0 Å². The van der Waals surface area contributed by atoms with Crippen LogP contribution in [0.5, 0.6) is 0 Å². The summed E-state index contributed by atoms with van der Waals surface area (Å²) in [6.07, 6.45) is 5.29. The second-order valence-corrected chi connectivity index (χ2v) is 12.4. The molecule has 0 saturated heterocycles. The fraction of sp³-hybridized carbons (Fsp3) is 0.214. The van der Waals surface area contributed by atoms with E-state index in [0.29, 0.717) is 5.92 Å². The van der Waals surface area contributed by atoms with Crippen LogP contribution in [0.1, 0.15) is 36.3 Å². The molecular weight excluding hydrogens is 367 g/mol. The Balaban J connectivity index is 1.68. The van der Waals surface area contributed by atoms with Crippen molar-refractivity contribution in [1.29, 1.82) is 0 Å². The minimum Gasteiger partial charge on any atom is -0.0620 e. The van der Waals surface area contributed by atoms with Crippen LogP contribution in [0.4, 0.5) is 0 Å². The molecule has 0 nitrogen and oxygen atoms in total. The predicted molar refractivity (Wildman–Crippen MR) is 127 cm³/mol. The maximum Gasteiger partial charge on any atom is 0.0998 e. The van der Waals surface area contributed by atoms with E-state index in [0.717, 1.165) is 5.66 Å². The molecule has 4 aromatic carbocycles. The molecule has 0 spiro atoms. The Morgan fingerprint density at radius 2 is 1.28 bits per heavy atom. The molecule has 0 N–H and O–H groups in total. The molecule has 1 fully saturated rings. The normalized spacial score (nSPS) is 22.2. The van der Waals surface area contributed by atoms with Gasteiger partial charge >= 0.3 is 0 Å². The van der Waals surface area contributed by atoms with Crippen molar-refractivity contribution < 1.29 is 0 Å². The third kappa shape index (κ3) is 2.55. The van der Waals surface area contributed by atoms with E-state index in [2.05, 4.69) is 97.1 Å². The monoisotopic (exact) mass is 393 g/mol. The summed E-state index contributed by atoms with van der Waals surface area (Å²) in [6, 6.07) is 36.9.